The Bertz CT molecular complexity index is 700. The van der Waals surface area contributed by atoms with Gasteiger partial charge >= 0.3 is 0 Å². The molecule has 5 heteroatoms. The van der Waals surface area contributed by atoms with Crippen LogP contribution in [0.3, 0.4) is 0 Å². The molecule has 2 aromatic rings. The molecule has 0 bridgehead atoms. The number of nitrogens with zero attached hydrogens (tertiary/aromatic N) is 1. The van der Waals surface area contributed by atoms with Gasteiger partial charge < -0.3 is 10.1 Å². The van der Waals surface area contributed by atoms with Crippen molar-refractivity contribution in [1.82, 2.24) is 0 Å². The van der Waals surface area contributed by atoms with Gasteiger partial charge in [-0.2, -0.15) is 0 Å². The van der Waals surface area contributed by atoms with Crippen LogP contribution >= 0.6 is 0 Å². The maximum Gasteiger partial charge on any atom is 0.253 e. The third-order valence-corrected chi connectivity index (χ3v) is 3.68. The van der Waals surface area contributed by atoms with Crippen molar-refractivity contribution in [3.63, 3.8) is 0 Å². The second-order valence-corrected chi connectivity index (χ2v) is 5.33. The van der Waals surface area contributed by atoms with E-state index in [4.69, 9.17) is 4.74 Å². The first-order chi connectivity index (χ1) is 11.2. The minimum Gasteiger partial charge on any atom is -0.371 e. The summed E-state index contributed by atoms with van der Waals surface area (Å²) in [5.41, 5.74) is 2.53. The summed E-state index contributed by atoms with van der Waals surface area (Å²) in [6, 6.07) is 17.2. The van der Waals surface area contributed by atoms with Crippen LogP contribution in [0.1, 0.15) is 5.56 Å². The number of anilines is 2. The predicted octanol–water partition coefficient (Wildman–Crippen LogP) is 2.23. The molecule has 2 amide bonds. The Kier molecular flexibility index (Phi) is 4.68. The van der Waals surface area contributed by atoms with Crippen LogP contribution in [0.5, 0.6) is 0 Å². The van der Waals surface area contributed by atoms with Crippen LogP contribution in [0.2, 0.25) is 0 Å². The maximum absolute atomic E-state index is 12.3. The van der Waals surface area contributed by atoms with E-state index in [0.29, 0.717) is 18.0 Å². The molecule has 1 heterocycles. The minimum atomic E-state index is -0.208. The van der Waals surface area contributed by atoms with Crippen LogP contribution in [0.15, 0.2) is 54.6 Å². The first-order valence-corrected chi connectivity index (χ1v) is 7.55. The third-order valence-electron chi connectivity index (χ3n) is 3.68. The van der Waals surface area contributed by atoms with Crippen LogP contribution in [-0.2, 0) is 20.7 Å². The number of carbonyl (C=O) groups is 2. The van der Waals surface area contributed by atoms with E-state index in [0.717, 1.165) is 6.42 Å². The Morgan fingerprint density at radius 2 is 1.83 bits per heavy atom. The Morgan fingerprint density at radius 3 is 2.65 bits per heavy atom. The number of ether oxygens (including phenoxy) is 1. The van der Waals surface area contributed by atoms with Crippen molar-refractivity contribution in [2.24, 2.45) is 0 Å². The first-order valence-electron chi connectivity index (χ1n) is 7.55. The molecule has 2 aromatic carbocycles. The van der Waals surface area contributed by atoms with Crippen LogP contribution in [0.25, 0.3) is 0 Å². The molecule has 1 aliphatic heterocycles. The molecule has 0 unspecified atom stereocenters. The highest BCUT2D eigenvalue weighted by atomic mass is 16.5. The molecule has 5 nitrogen and oxygen atoms in total. The molecule has 1 N–H and O–H groups in total. The molecule has 118 valence electrons. The lowest BCUT2D eigenvalue weighted by Crippen LogP contribution is -2.43. The minimum absolute atomic E-state index is 0.0257. The van der Waals surface area contributed by atoms with Gasteiger partial charge in [0.2, 0.25) is 5.91 Å². The van der Waals surface area contributed by atoms with Crippen LogP contribution < -0.4 is 10.2 Å². The van der Waals surface area contributed by atoms with Gasteiger partial charge in [-0.15, -0.1) is 0 Å². The van der Waals surface area contributed by atoms with Crippen molar-refractivity contribution in [2.75, 3.05) is 30.0 Å². The van der Waals surface area contributed by atoms with Crippen molar-refractivity contribution in [2.45, 2.75) is 6.42 Å². The zero-order chi connectivity index (χ0) is 16.1. The Labute approximate surface area is 134 Å². The van der Waals surface area contributed by atoms with Gasteiger partial charge in [0.15, 0.2) is 0 Å². The number of para-hydroxylation sites is 2. The summed E-state index contributed by atoms with van der Waals surface area (Å²) in [7, 11) is 0. The highest BCUT2D eigenvalue weighted by Gasteiger charge is 2.26. The van der Waals surface area contributed by atoms with Gasteiger partial charge in [-0.1, -0.05) is 42.5 Å². The van der Waals surface area contributed by atoms with E-state index in [9.17, 15) is 9.59 Å². The highest BCUT2D eigenvalue weighted by Crippen LogP contribution is 2.28. The summed E-state index contributed by atoms with van der Waals surface area (Å²) < 4.78 is 5.48. The van der Waals surface area contributed by atoms with Crippen molar-refractivity contribution in [1.29, 1.82) is 0 Å². The van der Waals surface area contributed by atoms with Crippen molar-refractivity contribution < 1.29 is 14.3 Å². The fourth-order valence-corrected chi connectivity index (χ4v) is 2.53. The average Bonchev–Trinajstić information content (AvgIpc) is 2.58. The summed E-state index contributed by atoms with van der Waals surface area (Å²) >= 11 is 0. The standard InChI is InChI=1S/C18H18N2O3/c21-17-12-20(16-9-5-4-8-15(16)19-17)18(22)13-23-11-10-14-6-2-1-3-7-14/h1-9H,10-13H2,(H,19,21). The highest BCUT2D eigenvalue weighted by molar-refractivity contribution is 6.10. The number of amides is 2. The molecule has 1 aliphatic rings. The van der Waals surface area contributed by atoms with Crippen molar-refractivity contribution in [3.05, 3.63) is 60.2 Å². The normalized spacial score (nSPS) is 13.4. The summed E-state index contributed by atoms with van der Waals surface area (Å²) in [5.74, 6) is -0.401. The zero-order valence-corrected chi connectivity index (χ0v) is 12.7. The average molecular weight is 310 g/mol. The zero-order valence-electron chi connectivity index (χ0n) is 12.7. The smallest absolute Gasteiger partial charge is 0.253 e. The number of hydrogen-bond donors (Lipinski definition) is 1. The Hall–Kier alpha value is -2.66. The van der Waals surface area contributed by atoms with Gasteiger partial charge in [-0.25, -0.2) is 0 Å². The van der Waals surface area contributed by atoms with E-state index >= 15 is 0 Å². The molecular weight excluding hydrogens is 292 g/mol. The SMILES string of the molecule is O=C1CN(C(=O)COCCc2ccccc2)c2ccccc2N1. The Balaban J connectivity index is 1.55. The van der Waals surface area contributed by atoms with Gasteiger partial charge in [0.05, 0.1) is 18.0 Å². The molecule has 0 spiro atoms. The quantitative estimate of drug-likeness (QED) is 0.862. The predicted molar refractivity (Wildman–Crippen MR) is 88.4 cm³/mol. The van der Waals surface area contributed by atoms with Crippen LogP contribution in [0.4, 0.5) is 11.4 Å². The van der Waals surface area contributed by atoms with E-state index in [-0.39, 0.29) is 25.0 Å². The topological polar surface area (TPSA) is 58.6 Å². The second kappa shape index (κ2) is 7.07. The number of rotatable bonds is 5. The molecular formula is C18H18N2O3. The Morgan fingerprint density at radius 1 is 1.09 bits per heavy atom. The molecule has 0 aromatic heterocycles. The van der Waals surface area contributed by atoms with Crippen LogP contribution in [-0.4, -0.2) is 31.6 Å². The van der Waals surface area contributed by atoms with E-state index in [1.54, 1.807) is 6.07 Å². The molecule has 0 atom stereocenters. The molecule has 3 rings (SSSR count). The van der Waals surface area contributed by atoms with Gasteiger partial charge in [0.25, 0.3) is 5.91 Å². The summed E-state index contributed by atoms with van der Waals surface area (Å²) in [6.45, 7) is 0.462. The van der Waals surface area contributed by atoms with Gasteiger partial charge in [0.1, 0.15) is 13.2 Å². The first kappa shape index (κ1) is 15.2. The largest absolute Gasteiger partial charge is 0.371 e. The van der Waals surface area contributed by atoms with E-state index in [2.05, 4.69) is 5.32 Å². The summed E-state index contributed by atoms with van der Waals surface area (Å²) in [6.07, 6.45) is 0.755. The summed E-state index contributed by atoms with van der Waals surface area (Å²) in [4.78, 5) is 25.5. The van der Waals surface area contributed by atoms with E-state index in [1.165, 1.54) is 10.5 Å². The van der Waals surface area contributed by atoms with E-state index in [1.807, 2.05) is 48.5 Å². The molecule has 0 radical (unpaired) electrons. The third kappa shape index (κ3) is 3.76. The van der Waals surface area contributed by atoms with Gasteiger partial charge in [0, 0.05) is 0 Å². The molecule has 0 saturated carbocycles. The lowest BCUT2D eigenvalue weighted by atomic mass is 10.2. The number of fused-ring (bicyclic) bond motifs is 1. The second-order valence-electron chi connectivity index (χ2n) is 5.33. The maximum atomic E-state index is 12.3. The van der Waals surface area contributed by atoms with E-state index < -0.39 is 0 Å². The molecule has 0 saturated heterocycles. The number of carbonyl (C=O) groups excluding carboxylic acids is 2. The molecule has 0 aliphatic carbocycles. The van der Waals surface area contributed by atoms with Crippen molar-refractivity contribution in [3.8, 4) is 0 Å². The van der Waals surface area contributed by atoms with Crippen LogP contribution in [0, 0.1) is 0 Å². The molecule has 23 heavy (non-hydrogen) atoms. The summed E-state index contributed by atoms with van der Waals surface area (Å²) in [5, 5.41) is 2.76. The molecule has 0 fully saturated rings. The number of nitrogens with one attached hydrogen (secondary N) is 1. The fourth-order valence-electron chi connectivity index (χ4n) is 2.53. The van der Waals surface area contributed by atoms with Gasteiger partial charge in [-0.3, -0.25) is 14.5 Å². The van der Waals surface area contributed by atoms with Crippen molar-refractivity contribution >= 4 is 23.2 Å². The number of benzene rings is 2. The monoisotopic (exact) mass is 310 g/mol. The fraction of sp³-hybridized carbons (Fsp3) is 0.222. The van der Waals surface area contributed by atoms with Gasteiger partial charge in [-0.05, 0) is 24.1 Å². The number of hydrogen-bond acceptors (Lipinski definition) is 3. The lowest BCUT2D eigenvalue weighted by Gasteiger charge is -2.29. The lowest BCUT2D eigenvalue weighted by molar-refractivity contribution is -0.125.